The molecule has 0 heterocycles. The molecule has 1 N–H and O–H groups in total. The number of hydrogen-bond donors (Lipinski definition) is 1. The molecule has 0 aromatic heterocycles. The fourth-order valence-corrected chi connectivity index (χ4v) is 2.53. The molecule has 0 amide bonds. The summed E-state index contributed by atoms with van der Waals surface area (Å²) < 4.78 is 35.3. The Balaban J connectivity index is 1.97. The van der Waals surface area contributed by atoms with Crippen molar-refractivity contribution in [1.29, 1.82) is 0 Å². The Hall–Kier alpha value is 0.100. The quantitative estimate of drug-likeness (QED) is 0.741. The SMILES string of the molecule is CC1CCCC1CNCCSC(F)(F)F. The maximum atomic E-state index is 11.8. The van der Waals surface area contributed by atoms with Crippen molar-refractivity contribution < 1.29 is 13.2 Å². The lowest BCUT2D eigenvalue weighted by Crippen LogP contribution is -2.26. The highest BCUT2D eigenvalue weighted by atomic mass is 32.2. The highest BCUT2D eigenvalue weighted by molar-refractivity contribution is 8.00. The lowest BCUT2D eigenvalue weighted by molar-refractivity contribution is -0.0327. The van der Waals surface area contributed by atoms with Crippen LogP contribution in [0.2, 0.25) is 0 Å². The highest BCUT2D eigenvalue weighted by Gasteiger charge is 2.27. The maximum absolute atomic E-state index is 11.8. The second kappa shape index (κ2) is 5.99. The van der Waals surface area contributed by atoms with Gasteiger partial charge in [0.05, 0.1) is 0 Å². The molecule has 0 radical (unpaired) electrons. The smallest absolute Gasteiger partial charge is 0.316 e. The van der Waals surface area contributed by atoms with Crippen LogP contribution in [0, 0.1) is 11.8 Å². The molecule has 1 fully saturated rings. The van der Waals surface area contributed by atoms with E-state index in [9.17, 15) is 13.2 Å². The molecule has 0 spiro atoms. The summed E-state index contributed by atoms with van der Waals surface area (Å²) in [6.07, 6.45) is 3.76. The third-order valence-corrected chi connectivity index (χ3v) is 3.73. The monoisotopic (exact) mass is 241 g/mol. The molecule has 1 rings (SSSR count). The van der Waals surface area contributed by atoms with E-state index < -0.39 is 5.51 Å². The molecule has 5 heteroatoms. The van der Waals surface area contributed by atoms with Gasteiger partial charge in [-0.25, -0.2) is 0 Å². The van der Waals surface area contributed by atoms with Crippen LogP contribution >= 0.6 is 11.8 Å². The molecular formula is C10H18F3NS. The van der Waals surface area contributed by atoms with Crippen molar-refractivity contribution in [3.8, 4) is 0 Å². The zero-order chi connectivity index (χ0) is 11.3. The van der Waals surface area contributed by atoms with E-state index in [-0.39, 0.29) is 17.5 Å². The number of halogens is 3. The lowest BCUT2D eigenvalue weighted by Gasteiger charge is -2.15. The van der Waals surface area contributed by atoms with Crippen LogP contribution in [0.4, 0.5) is 13.2 Å². The molecule has 1 aliphatic rings. The van der Waals surface area contributed by atoms with Gasteiger partial charge in [0.2, 0.25) is 0 Å². The summed E-state index contributed by atoms with van der Waals surface area (Å²) in [7, 11) is 0. The van der Waals surface area contributed by atoms with Crippen molar-refractivity contribution in [2.24, 2.45) is 11.8 Å². The first kappa shape index (κ1) is 13.2. The summed E-state index contributed by atoms with van der Waals surface area (Å²) in [6.45, 7) is 3.55. The molecule has 1 aliphatic carbocycles. The van der Waals surface area contributed by atoms with Gasteiger partial charge in [0, 0.05) is 12.3 Å². The van der Waals surface area contributed by atoms with E-state index in [1.165, 1.54) is 19.3 Å². The first-order chi connectivity index (χ1) is 6.99. The van der Waals surface area contributed by atoms with Gasteiger partial charge in [-0.3, -0.25) is 0 Å². The summed E-state index contributed by atoms with van der Waals surface area (Å²) >= 11 is 0.0544. The minimum Gasteiger partial charge on any atom is -0.316 e. The van der Waals surface area contributed by atoms with Gasteiger partial charge < -0.3 is 5.32 Å². The number of alkyl halides is 3. The van der Waals surface area contributed by atoms with Gasteiger partial charge in [-0.2, -0.15) is 13.2 Å². The Morgan fingerprint density at radius 3 is 2.60 bits per heavy atom. The highest BCUT2D eigenvalue weighted by Crippen LogP contribution is 2.31. The molecule has 2 unspecified atom stereocenters. The average molecular weight is 241 g/mol. The van der Waals surface area contributed by atoms with E-state index in [1.54, 1.807) is 0 Å². The summed E-state index contributed by atoms with van der Waals surface area (Å²) in [6, 6.07) is 0. The van der Waals surface area contributed by atoms with E-state index in [1.807, 2.05) is 0 Å². The van der Waals surface area contributed by atoms with E-state index in [0.717, 1.165) is 12.5 Å². The molecule has 0 aromatic rings. The van der Waals surface area contributed by atoms with Crippen LogP contribution in [0.3, 0.4) is 0 Å². The fraction of sp³-hybridized carbons (Fsp3) is 1.00. The third-order valence-electron chi connectivity index (χ3n) is 2.99. The van der Waals surface area contributed by atoms with Crippen LogP contribution in [0.1, 0.15) is 26.2 Å². The van der Waals surface area contributed by atoms with Crippen LogP contribution < -0.4 is 5.32 Å². The van der Waals surface area contributed by atoms with E-state index >= 15 is 0 Å². The van der Waals surface area contributed by atoms with Crippen molar-refractivity contribution >= 4 is 11.8 Å². The average Bonchev–Trinajstić information content (AvgIpc) is 2.49. The van der Waals surface area contributed by atoms with Gasteiger partial charge in [0.1, 0.15) is 0 Å². The van der Waals surface area contributed by atoms with Crippen LogP contribution in [-0.2, 0) is 0 Å². The first-order valence-electron chi connectivity index (χ1n) is 5.40. The maximum Gasteiger partial charge on any atom is 0.441 e. The molecule has 1 nitrogen and oxygen atoms in total. The van der Waals surface area contributed by atoms with Gasteiger partial charge >= 0.3 is 5.51 Å². The van der Waals surface area contributed by atoms with Gasteiger partial charge in [-0.15, -0.1) is 0 Å². The van der Waals surface area contributed by atoms with Crippen LogP contribution in [0.5, 0.6) is 0 Å². The molecule has 2 atom stereocenters. The minimum absolute atomic E-state index is 0.0544. The predicted molar refractivity (Wildman–Crippen MR) is 57.9 cm³/mol. The Kier molecular flexibility index (Phi) is 5.26. The van der Waals surface area contributed by atoms with Gasteiger partial charge in [0.15, 0.2) is 0 Å². The Labute approximate surface area is 93.2 Å². The van der Waals surface area contributed by atoms with Gasteiger partial charge in [-0.05, 0) is 36.6 Å². The molecular weight excluding hydrogens is 223 g/mol. The van der Waals surface area contributed by atoms with E-state index in [0.29, 0.717) is 12.5 Å². The lowest BCUT2D eigenvalue weighted by atomic mass is 9.98. The first-order valence-corrected chi connectivity index (χ1v) is 6.39. The van der Waals surface area contributed by atoms with Crippen molar-refractivity contribution in [3.63, 3.8) is 0 Å². The fourth-order valence-electron chi connectivity index (χ4n) is 2.05. The zero-order valence-corrected chi connectivity index (χ0v) is 9.76. The largest absolute Gasteiger partial charge is 0.441 e. The molecule has 90 valence electrons. The number of nitrogens with one attached hydrogen (secondary N) is 1. The Bertz CT molecular complexity index is 184. The van der Waals surface area contributed by atoms with Crippen LogP contribution in [0.25, 0.3) is 0 Å². The number of thioether (sulfide) groups is 1. The van der Waals surface area contributed by atoms with Crippen LogP contribution in [-0.4, -0.2) is 24.4 Å². The topological polar surface area (TPSA) is 12.0 Å². The van der Waals surface area contributed by atoms with E-state index in [4.69, 9.17) is 0 Å². The molecule has 0 saturated heterocycles. The predicted octanol–water partition coefficient (Wildman–Crippen LogP) is 3.27. The van der Waals surface area contributed by atoms with Crippen molar-refractivity contribution in [2.75, 3.05) is 18.8 Å². The standard InChI is InChI=1S/C10H18F3NS/c1-8-3-2-4-9(8)7-14-5-6-15-10(11,12)13/h8-9,14H,2-7H2,1H3. The summed E-state index contributed by atoms with van der Waals surface area (Å²) in [5, 5.41) is 3.11. The van der Waals surface area contributed by atoms with Crippen molar-refractivity contribution in [1.82, 2.24) is 5.32 Å². The van der Waals surface area contributed by atoms with E-state index in [2.05, 4.69) is 12.2 Å². The molecule has 0 aliphatic heterocycles. The summed E-state index contributed by atoms with van der Waals surface area (Å²) in [5.41, 5.74) is -4.08. The second-order valence-electron chi connectivity index (χ2n) is 4.17. The minimum atomic E-state index is -4.08. The number of hydrogen-bond acceptors (Lipinski definition) is 2. The molecule has 15 heavy (non-hydrogen) atoms. The van der Waals surface area contributed by atoms with Gasteiger partial charge in [-0.1, -0.05) is 19.8 Å². The van der Waals surface area contributed by atoms with Crippen molar-refractivity contribution in [2.45, 2.75) is 31.7 Å². The normalized spacial score (nSPS) is 27.2. The summed E-state index contributed by atoms with van der Waals surface area (Å²) in [5.74, 6) is 1.51. The summed E-state index contributed by atoms with van der Waals surface area (Å²) in [4.78, 5) is 0. The number of rotatable bonds is 5. The third kappa shape index (κ3) is 5.66. The zero-order valence-electron chi connectivity index (χ0n) is 8.94. The molecule has 1 saturated carbocycles. The van der Waals surface area contributed by atoms with Gasteiger partial charge in [0.25, 0.3) is 0 Å². The Morgan fingerprint density at radius 2 is 2.07 bits per heavy atom. The second-order valence-corrected chi connectivity index (χ2v) is 5.33. The molecule has 0 aromatic carbocycles. The molecule has 0 bridgehead atoms. The van der Waals surface area contributed by atoms with Crippen LogP contribution in [0.15, 0.2) is 0 Å². The Morgan fingerprint density at radius 1 is 1.33 bits per heavy atom. The van der Waals surface area contributed by atoms with Crippen molar-refractivity contribution in [3.05, 3.63) is 0 Å².